The van der Waals surface area contributed by atoms with Crippen LogP contribution in [0.3, 0.4) is 0 Å². The zero-order valence-electron chi connectivity index (χ0n) is 11.8. The summed E-state index contributed by atoms with van der Waals surface area (Å²) in [5.41, 5.74) is 0.776. The molecule has 6 nitrogen and oxygen atoms in total. The smallest absolute Gasteiger partial charge is 0.271 e. The topological polar surface area (TPSA) is 76.4 Å². The minimum absolute atomic E-state index is 0.0972. The molecule has 0 aromatic heterocycles. The molecular weight excluding hydrogens is 361 g/mol. The number of anilines is 2. The summed E-state index contributed by atoms with van der Waals surface area (Å²) in [5, 5.41) is 17.5. The Hall–Kier alpha value is -2.09. The van der Waals surface area contributed by atoms with E-state index in [0.717, 1.165) is 0 Å². The Morgan fingerprint density at radius 2 is 1.87 bits per heavy atom. The lowest BCUT2D eigenvalue weighted by Gasteiger charge is -2.14. The van der Waals surface area contributed by atoms with Gasteiger partial charge in [0, 0.05) is 17.2 Å². The van der Waals surface area contributed by atoms with Crippen LogP contribution in [0, 0.1) is 10.1 Å². The molecule has 0 saturated carbocycles. The molecular formula is C14H11Cl2N3O3S. The van der Waals surface area contributed by atoms with Crippen molar-refractivity contribution in [2.45, 2.75) is 0 Å². The number of thiocarbonyl (C=S) groups is 1. The minimum Gasteiger partial charge on any atom is -0.495 e. The quantitative estimate of drug-likeness (QED) is 0.460. The lowest BCUT2D eigenvalue weighted by molar-refractivity contribution is -0.384. The summed E-state index contributed by atoms with van der Waals surface area (Å²) in [4.78, 5) is 10.3. The number of ether oxygens (including phenoxy) is 1. The number of nitro benzene ring substituents is 1. The van der Waals surface area contributed by atoms with Crippen molar-refractivity contribution in [3.05, 3.63) is 56.6 Å². The first-order chi connectivity index (χ1) is 10.9. The van der Waals surface area contributed by atoms with Gasteiger partial charge in [0.2, 0.25) is 0 Å². The molecule has 0 fully saturated rings. The van der Waals surface area contributed by atoms with Crippen LogP contribution in [0.2, 0.25) is 10.0 Å². The van der Waals surface area contributed by atoms with Crippen molar-refractivity contribution in [1.29, 1.82) is 0 Å². The molecule has 0 aliphatic carbocycles. The third-order valence-corrected chi connectivity index (χ3v) is 3.59. The summed E-state index contributed by atoms with van der Waals surface area (Å²) in [6, 6.07) is 9.04. The fraction of sp³-hybridized carbons (Fsp3) is 0.0714. The summed E-state index contributed by atoms with van der Waals surface area (Å²) in [5.74, 6) is 0.545. The summed E-state index contributed by atoms with van der Waals surface area (Å²) in [6.07, 6.45) is 0. The van der Waals surface area contributed by atoms with Gasteiger partial charge in [-0.2, -0.15) is 0 Å². The summed E-state index contributed by atoms with van der Waals surface area (Å²) in [6.45, 7) is 0. The number of halogens is 2. The van der Waals surface area contributed by atoms with E-state index in [0.29, 0.717) is 27.2 Å². The summed E-state index contributed by atoms with van der Waals surface area (Å²) < 4.78 is 5.20. The zero-order chi connectivity index (χ0) is 17.0. The maximum atomic E-state index is 10.8. The number of non-ortho nitro benzene ring substituents is 1. The zero-order valence-corrected chi connectivity index (χ0v) is 14.1. The molecule has 9 heteroatoms. The number of hydrogen-bond acceptors (Lipinski definition) is 4. The summed E-state index contributed by atoms with van der Waals surface area (Å²) in [7, 11) is 1.52. The highest BCUT2D eigenvalue weighted by Crippen LogP contribution is 2.29. The second-order valence-electron chi connectivity index (χ2n) is 4.34. The van der Waals surface area contributed by atoms with Gasteiger partial charge in [-0.15, -0.1) is 0 Å². The van der Waals surface area contributed by atoms with Crippen molar-refractivity contribution >= 4 is 57.6 Å². The van der Waals surface area contributed by atoms with Gasteiger partial charge in [-0.25, -0.2) is 0 Å². The molecule has 2 aromatic carbocycles. The first-order valence-electron chi connectivity index (χ1n) is 6.26. The minimum atomic E-state index is -0.516. The van der Waals surface area contributed by atoms with E-state index in [4.69, 9.17) is 40.2 Å². The third-order valence-electron chi connectivity index (χ3n) is 2.82. The van der Waals surface area contributed by atoms with Crippen molar-refractivity contribution in [3.63, 3.8) is 0 Å². The number of benzene rings is 2. The first kappa shape index (κ1) is 17.3. The molecule has 0 aliphatic heterocycles. The fourth-order valence-electron chi connectivity index (χ4n) is 1.78. The normalized spacial score (nSPS) is 10.0. The Morgan fingerprint density at radius 1 is 1.17 bits per heavy atom. The molecule has 0 atom stereocenters. The molecule has 0 saturated heterocycles. The predicted molar refractivity (Wildman–Crippen MR) is 96.0 cm³/mol. The molecule has 23 heavy (non-hydrogen) atoms. The maximum Gasteiger partial charge on any atom is 0.271 e. The average molecular weight is 372 g/mol. The van der Waals surface area contributed by atoms with Gasteiger partial charge in [0.15, 0.2) is 5.11 Å². The molecule has 2 aromatic rings. The van der Waals surface area contributed by atoms with E-state index >= 15 is 0 Å². The van der Waals surface area contributed by atoms with Crippen LogP contribution in [0.15, 0.2) is 36.4 Å². The van der Waals surface area contributed by atoms with E-state index in [1.165, 1.54) is 25.3 Å². The average Bonchev–Trinajstić information content (AvgIpc) is 2.49. The Labute approximate surface area is 147 Å². The molecule has 0 heterocycles. The van der Waals surface area contributed by atoms with E-state index in [1.807, 2.05) is 0 Å². The van der Waals surface area contributed by atoms with E-state index in [2.05, 4.69) is 10.6 Å². The van der Waals surface area contributed by atoms with Crippen LogP contribution >= 0.6 is 35.4 Å². The van der Waals surface area contributed by atoms with Gasteiger partial charge in [0.05, 0.1) is 28.4 Å². The van der Waals surface area contributed by atoms with E-state index in [1.54, 1.807) is 18.2 Å². The molecule has 2 rings (SSSR count). The van der Waals surface area contributed by atoms with Crippen LogP contribution in [0.25, 0.3) is 0 Å². The van der Waals surface area contributed by atoms with Crippen LogP contribution in [0.5, 0.6) is 5.75 Å². The van der Waals surface area contributed by atoms with Crippen molar-refractivity contribution in [2.75, 3.05) is 17.7 Å². The Bertz CT molecular complexity index is 771. The Morgan fingerprint density at radius 3 is 2.52 bits per heavy atom. The van der Waals surface area contributed by atoms with Crippen molar-refractivity contribution in [1.82, 2.24) is 0 Å². The third kappa shape index (κ3) is 4.44. The fourth-order valence-corrected chi connectivity index (χ4v) is 2.33. The molecule has 0 bridgehead atoms. The largest absolute Gasteiger partial charge is 0.495 e. The highest BCUT2D eigenvalue weighted by molar-refractivity contribution is 7.80. The van der Waals surface area contributed by atoms with Gasteiger partial charge in [0.25, 0.3) is 5.69 Å². The monoisotopic (exact) mass is 371 g/mol. The Balaban J connectivity index is 2.19. The predicted octanol–water partition coefficient (Wildman–Crippen LogP) is 4.72. The van der Waals surface area contributed by atoms with Gasteiger partial charge < -0.3 is 15.4 Å². The number of nitrogens with zero attached hydrogens (tertiary/aromatic N) is 1. The molecule has 0 aliphatic rings. The van der Waals surface area contributed by atoms with Crippen LogP contribution in [-0.4, -0.2) is 17.1 Å². The SMILES string of the molecule is COc1ccc(Cl)cc1NC(=S)Nc1cc([N+](=O)[O-])ccc1Cl. The molecule has 120 valence electrons. The van der Waals surface area contributed by atoms with Crippen LogP contribution < -0.4 is 15.4 Å². The van der Waals surface area contributed by atoms with Crippen molar-refractivity contribution < 1.29 is 9.66 Å². The number of nitro groups is 1. The highest BCUT2D eigenvalue weighted by Gasteiger charge is 2.12. The van der Waals surface area contributed by atoms with Gasteiger partial charge in [-0.1, -0.05) is 23.2 Å². The standard InChI is InChI=1S/C14H11Cl2N3O3S/c1-22-13-5-2-8(15)6-12(13)18-14(23)17-11-7-9(19(20)21)3-4-10(11)16/h2-7H,1H3,(H2,17,18,23). The first-order valence-corrected chi connectivity index (χ1v) is 7.42. The second-order valence-corrected chi connectivity index (χ2v) is 5.60. The van der Waals surface area contributed by atoms with E-state index in [9.17, 15) is 10.1 Å². The van der Waals surface area contributed by atoms with Crippen LogP contribution in [-0.2, 0) is 0 Å². The van der Waals surface area contributed by atoms with Gasteiger partial charge in [-0.05, 0) is 36.5 Å². The summed E-state index contributed by atoms with van der Waals surface area (Å²) >= 11 is 17.1. The molecule has 2 N–H and O–H groups in total. The lowest BCUT2D eigenvalue weighted by Crippen LogP contribution is -2.19. The number of rotatable bonds is 4. The lowest BCUT2D eigenvalue weighted by atomic mass is 10.3. The van der Waals surface area contributed by atoms with Crippen molar-refractivity contribution in [3.8, 4) is 5.75 Å². The maximum absolute atomic E-state index is 10.8. The highest BCUT2D eigenvalue weighted by atomic mass is 35.5. The number of hydrogen-bond donors (Lipinski definition) is 2. The molecule has 0 unspecified atom stereocenters. The second kappa shape index (κ2) is 7.45. The number of methoxy groups -OCH3 is 1. The molecule has 0 radical (unpaired) electrons. The van der Waals surface area contributed by atoms with Gasteiger partial charge >= 0.3 is 0 Å². The van der Waals surface area contributed by atoms with E-state index < -0.39 is 4.92 Å². The number of nitrogens with one attached hydrogen (secondary N) is 2. The Kier molecular flexibility index (Phi) is 5.59. The van der Waals surface area contributed by atoms with Crippen LogP contribution in [0.4, 0.5) is 17.1 Å². The van der Waals surface area contributed by atoms with Crippen LogP contribution in [0.1, 0.15) is 0 Å². The molecule has 0 spiro atoms. The van der Waals surface area contributed by atoms with Gasteiger partial charge in [0.1, 0.15) is 5.75 Å². The van der Waals surface area contributed by atoms with Gasteiger partial charge in [-0.3, -0.25) is 10.1 Å². The van der Waals surface area contributed by atoms with E-state index in [-0.39, 0.29) is 10.8 Å². The van der Waals surface area contributed by atoms with Crippen molar-refractivity contribution in [2.24, 2.45) is 0 Å². The molecule has 0 amide bonds.